The van der Waals surface area contributed by atoms with Crippen molar-refractivity contribution in [1.29, 1.82) is 5.26 Å². The second kappa shape index (κ2) is 8.53. The highest BCUT2D eigenvalue weighted by molar-refractivity contribution is 9.10. The molecule has 1 aliphatic heterocycles. The number of rotatable bonds is 4. The predicted octanol–water partition coefficient (Wildman–Crippen LogP) is 4.79. The first-order chi connectivity index (χ1) is 15.4. The zero-order valence-corrected chi connectivity index (χ0v) is 17.9. The first-order valence-corrected chi connectivity index (χ1v) is 10.1. The van der Waals surface area contributed by atoms with Gasteiger partial charge in [0, 0.05) is 28.2 Å². The Morgan fingerprint density at radius 2 is 1.94 bits per heavy atom. The van der Waals surface area contributed by atoms with Crippen LogP contribution in [-0.2, 0) is 0 Å². The van der Waals surface area contributed by atoms with E-state index in [-0.39, 0.29) is 28.5 Å². The van der Waals surface area contributed by atoms with Gasteiger partial charge in [-0.05, 0) is 29.8 Å². The second-order valence-corrected chi connectivity index (χ2v) is 7.79. The number of hydrogen-bond acceptors (Lipinski definition) is 7. The van der Waals surface area contributed by atoms with Crippen molar-refractivity contribution < 1.29 is 19.2 Å². The molecule has 3 aromatic rings. The van der Waals surface area contributed by atoms with E-state index in [1.165, 1.54) is 24.3 Å². The number of allylic oxidation sites excluding steroid dienone is 1. The molecule has 8 nitrogen and oxygen atoms in total. The normalized spacial score (nSPS) is 14.7. The molecule has 1 aliphatic rings. The highest BCUT2D eigenvalue weighted by Gasteiger charge is 2.31. The van der Waals surface area contributed by atoms with Crippen molar-refractivity contribution in [2.75, 3.05) is 0 Å². The molecule has 4 rings (SSSR count). The van der Waals surface area contributed by atoms with Crippen molar-refractivity contribution in [3.8, 4) is 17.6 Å². The molecule has 1 atom stereocenters. The third kappa shape index (κ3) is 4.04. The average molecular weight is 492 g/mol. The number of esters is 1. The van der Waals surface area contributed by atoms with E-state index in [9.17, 15) is 20.2 Å². The Morgan fingerprint density at radius 1 is 1.16 bits per heavy atom. The summed E-state index contributed by atoms with van der Waals surface area (Å²) in [6.45, 7) is 0. The number of ether oxygens (including phenoxy) is 2. The topological polar surface area (TPSA) is 128 Å². The van der Waals surface area contributed by atoms with Crippen LogP contribution in [0.2, 0.25) is 0 Å². The molecular weight excluding hydrogens is 478 g/mol. The Balaban J connectivity index is 1.68. The molecule has 1 unspecified atom stereocenters. The van der Waals surface area contributed by atoms with Gasteiger partial charge in [0.2, 0.25) is 5.88 Å². The lowest BCUT2D eigenvalue weighted by Gasteiger charge is -2.26. The molecule has 0 fully saturated rings. The minimum Gasteiger partial charge on any atom is -0.440 e. The molecule has 0 spiro atoms. The van der Waals surface area contributed by atoms with Crippen LogP contribution in [0.15, 0.2) is 82.7 Å². The fourth-order valence-electron chi connectivity index (χ4n) is 3.44. The van der Waals surface area contributed by atoms with Crippen molar-refractivity contribution in [2.45, 2.75) is 5.92 Å². The highest BCUT2D eigenvalue weighted by atomic mass is 79.9. The van der Waals surface area contributed by atoms with Crippen LogP contribution >= 0.6 is 15.9 Å². The SMILES string of the molecule is N#CC1=C(N)Oc2cc(OC(=O)c3cccc([N+](=O)[O-])c3)ccc2C1c1cccc(Br)c1. The monoisotopic (exact) mass is 491 g/mol. The van der Waals surface area contributed by atoms with Crippen LogP contribution in [0.1, 0.15) is 27.4 Å². The minimum atomic E-state index is -0.755. The van der Waals surface area contributed by atoms with Gasteiger partial charge < -0.3 is 15.2 Å². The Hall–Kier alpha value is -4.16. The third-order valence-electron chi connectivity index (χ3n) is 4.88. The van der Waals surface area contributed by atoms with E-state index in [0.717, 1.165) is 16.1 Å². The predicted molar refractivity (Wildman–Crippen MR) is 118 cm³/mol. The zero-order valence-electron chi connectivity index (χ0n) is 16.3. The van der Waals surface area contributed by atoms with Crippen molar-refractivity contribution in [3.05, 3.63) is 109 Å². The molecule has 0 saturated carbocycles. The Morgan fingerprint density at radius 3 is 2.66 bits per heavy atom. The summed E-state index contributed by atoms with van der Waals surface area (Å²) >= 11 is 3.44. The number of nitro groups is 1. The molecule has 0 amide bonds. The molecule has 0 bridgehead atoms. The maximum absolute atomic E-state index is 12.5. The fraction of sp³-hybridized carbons (Fsp3) is 0.0435. The van der Waals surface area contributed by atoms with Gasteiger partial charge in [-0.15, -0.1) is 0 Å². The molecule has 0 aromatic heterocycles. The van der Waals surface area contributed by atoms with Crippen LogP contribution in [0, 0.1) is 21.4 Å². The Kier molecular flexibility index (Phi) is 5.62. The summed E-state index contributed by atoms with van der Waals surface area (Å²) in [6, 6.07) is 19.6. The van der Waals surface area contributed by atoms with E-state index < -0.39 is 16.8 Å². The van der Waals surface area contributed by atoms with Crippen molar-refractivity contribution in [1.82, 2.24) is 0 Å². The van der Waals surface area contributed by atoms with Gasteiger partial charge in [0.1, 0.15) is 23.1 Å². The van der Waals surface area contributed by atoms with Gasteiger partial charge in [-0.3, -0.25) is 10.1 Å². The summed E-state index contributed by atoms with van der Waals surface area (Å²) in [4.78, 5) is 22.8. The van der Waals surface area contributed by atoms with Gasteiger partial charge in [-0.25, -0.2) is 4.79 Å². The summed E-state index contributed by atoms with van der Waals surface area (Å²) in [7, 11) is 0. The first kappa shape index (κ1) is 21.1. The van der Waals surface area contributed by atoms with Crippen LogP contribution < -0.4 is 15.2 Å². The molecule has 2 N–H and O–H groups in total. The van der Waals surface area contributed by atoms with Crippen LogP contribution in [-0.4, -0.2) is 10.9 Å². The van der Waals surface area contributed by atoms with E-state index in [2.05, 4.69) is 22.0 Å². The van der Waals surface area contributed by atoms with Crippen molar-refractivity contribution in [3.63, 3.8) is 0 Å². The molecule has 0 radical (unpaired) electrons. The lowest BCUT2D eigenvalue weighted by atomic mass is 9.83. The van der Waals surface area contributed by atoms with E-state index in [1.807, 2.05) is 24.3 Å². The summed E-state index contributed by atoms with van der Waals surface area (Å²) in [6.07, 6.45) is 0. The molecule has 3 aromatic carbocycles. The summed E-state index contributed by atoms with van der Waals surface area (Å²) in [5, 5.41) is 20.6. The van der Waals surface area contributed by atoms with Gasteiger partial charge in [0.05, 0.1) is 16.4 Å². The first-order valence-electron chi connectivity index (χ1n) is 9.31. The summed E-state index contributed by atoms with van der Waals surface area (Å²) < 4.78 is 11.9. The number of nitriles is 1. The number of nitro benzene ring substituents is 1. The highest BCUT2D eigenvalue weighted by Crippen LogP contribution is 2.43. The number of carbonyl (C=O) groups is 1. The van der Waals surface area contributed by atoms with Gasteiger partial charge in [-0.1, -0.05) is 40.2 Å². The number of halogens is 1. The smallest absolute Gasteiger partial charge is 0.343 e. The maximum atomic E-state index is 12.5. The lowest BCUT2D eigenvalue weighted by molar-refractivity contribution is -0.384. The number of nitrogens with zero attached hydrogens (tertiary/aromatic N) is 2. The number of non-ortho nitro benzene ring substituents is 1. The third-order valence-corrected chi connectivity index (χ3v) is 5.37. The van der Waals surface area contributed by atoms with Crippen molar-refractivity contribution in [2.24, 2.45) is 5.73 Å². The summed E-state index contributed by atoms with van der Waals surface area (Å²) in [5.41, 5.74) is 7.63. The Labute approximate surface area is 190 Å². The van der Waals surface area contributed by atoms with E-state index >= 15 is 0 Å². The number of nitrogens with two attached hydrogens (primary N) is 1. The van der Waals surface area contributed by atoms with Gasteiger partial charge in [0.15, 0.2) is 0 Å². The number of benzene rings is 3. The van der Waals surface area contributed by atoms with Gasteiger partial charge in [-0.2, -0.15) is 5.26 Å². The number of carbonyl (C=O) groups excluding carboxylic acids is 1. The van der Waals surface area contributed by atoms with Gasteiger partial charge in [0.25, 0.3) is 5.69 Å². The van der Waals surface area contributed by atoms with Crippen LogP contribution in [0.5, 0.6) is 11.5 Å². The fourth-order valence-corrected chi connectivity index (χ4v) is 3.86. The molecule has 1 heterocycles. The molecular formula is C23H14BrN3O5. The van der Waals surface area contributed by atoms with Crippen molar-refractivity contribution >= 4 is 27.6 Å². The zero-order chi connectivity index (χ0) is 22.8. The largest absolute Gasteiger partial charge is 0.440 e. The molecule has 9 heteroatoms. The van der Waals surface area contributed by atoms with E-state index in [0.29, 0.717) is 11.3 Å². The van der Waals surface area contributed by atoms with E-state index in [1.54, 1.807) is 12.1 Å². The number of hydrogen-bond donors (Lipinski definition) is 1. The molecule has 0 saturated heterocycles. The maximum Gasteiger partial charge on any atom is 0.343 e. The lowest BCUT2D eigenvalue weighted by Crippen LogP contribution is -2.21. The standard InChI is InChI=1S/C23H14BrN3O5/c24-15-5-1-3-13(9-15)21-18-8-7-17(11-20(18)32-22(26)19(21)12-25)31-23(28)14-4-2-6-16(10-14)27(29)30/h1-11,21H,26H2. The molecule has 32 heavy (non-hydrogen) atoms. The molecule has 0 aliphatic carbocycles. The van der Waals surface area contributed by atoms with Gasteiger partial charge >= 0.3 is 5.97 Å². The second-order valence-electron chi connectivity index (χ2n) is 6.88. The minimum absolute atomic E-state index is 0.0351. The summed E-state index contributed by atoms with van der Waals surface area (Å²) in [5.74, 6) is -0.735. The number of fused-ring (bicyclic) bond motifs is 1. The average Bonchev–Trinajstić information content (AvgIpc) is 2.78. The van der Waals surface area contributed by atoms with Crippen LogP contribution in [0.3, 0.4) is 0 Å². The Bertz CT molecular complexity index is 1330. The van der Waals surface area contributed by atoms with E-state index in [4.69, 9.17) is 15.2 Å². The van der Waals surface area contributed by atoms with Crippen LogP contribution in [0.4, 0.5) is 5.69 Å². The van der Waals surface area contributed by atoms with Crippen LogP contribution in [0.25, 0.3) is 0 Å². The quantitative estimate of drug-likeness (QED) is 0.240. The molecule has 158 valence electrons.